The van der Waals surface area contributed by atoms with Gasteiger partial charge in [-0.3, -0.25) is 0 Å². The van der Waals surface area contributed by atoms with E-state index < -0.39 is 0 Å². The molecule has 6 heteroatoms. The van der Waals surface area contributed by atoms with E-state index in [4.69, 9.17) is 21.1 Å². The summed E-state index contributed by atoms with van der Waals surface area (Å²) in [5.74, 6) is 0. The van der Waals surface area contributed by atoms with Crippen LogP contribution in [0.15, 0.2) is 24.3 Å². The minimum atomic E-state index is -0.0980. The second-order valence-electron chi connectivity index (χ2n) is 5.91. The van der Waals surface area contributed by atoms with Gasteiger partial charge in [0.25, 0.3) is 0 Å². The lowest BCUT2D eigenvalue weighted by Crippen LogP contribution is -2.47. The summed E-state index contributed by atoms with van der Waals surface area (Å²) in [5, 5.41) is 3.65. The third-order valence-electron chi connectivity index (χ3n) is 3.98. The summed E-state index contributed by atoms with van der Waals surface area (Å²) in [4.78, 5) is 14.1. The molecule has 1 atom stereocenters. The number of hydrogen-bond donors (Lipinski definition) is 1. The number of carbonyl (C=O) groups excluding carboxylic acids is 1. The van der Waals surface area contributed by atoms with E-state index in [1.807, 2.05) is 24.3 Å². The van der Waals surface area contributed by atoms with Crippen molar-refractivity contribution in [3.05, 3.63) is 34.9 Å². The van der Waals surface area contributed by atoms with Gasteiger partial charge in [0.15, 0.2) is 0 Å². The summed E-state index contributed by atoms with van der Waals surface area (Å²) in [7, 11) is 0. The highest BCUT2D eigenvalue weighted by Gasteiger charge is 2.25. The number of nitrogens with one attached hydrogen (secondary N) is 1. The van der Waals surface area contributed by atoms with Crippen molar-refractivity contribution in [3.8, 4) is 0 Å². The molecule has 1 heterocycles. The Morgan fingerprint density at radius 1 is 1.33 bits per heavy atom. The molecule has 1 fully saturated rings. The maximum atomic E-state index is 12.3. The Morgan fingerprint density at radius 3 is 2.83 bits per heavy atom. The summed E-state index contributed by atoms with van der Waals surface area (Å²) in [6.07, 6.45) is 2.97. The van der Waals surface area contributed by atoms with Crippen LogP contribution in [0.25, 0.3) is 0 Å². The number of benzene rings is 1. The molecule has 0 radical (unpaired) electrons. The molecule has 1 unspecified atom stereocenters. The summed E-state index contributed by atoms with van der Waals surface area (Å²) in [6, 6.07) is 7.55. The Balaban J connectivity index is 1.69. The van der Waals surface area contributed by atoms with Crippen molar-refractivity contribution in [3.63, 3.8) is 0 Å². The van der Waals surface area contributed by atoms with Crippen LogP contribution in [0.3, 0.4) is 0 Å². The van der Waals surface area contributed by atoms with E-state index in [2.05, 4.69) is 12.2 Å². The molecule has 2 rings (SSSR count). The van der Waals surface area contributed by atoms with Crippen LogP contribution in [0, 0.1) is 0 Å². The monoisotopic (exact) mass is 354 g/mol. The third kappa shape index (κ3) is 6.30. The molecule has 0 bridgehead atoms. The van der Waals surface area contributed by atoms with Crippen LogP contribution in [0.5, 0.6) is 0 Å². The number of urea groups is 1. The maximum Gasteiger partial charge on any atom is 0.317 e. The van der Waals surface area contributed by atoms with Gasteiger partial charge in [-0.05, 0) is 30.5 Å². The van der Waals surface area contributed by atoms with Gasteiger partial charge in [-0.1, -0.05) is 37.1 Å². The van der Waals surface area contributed by atoms with Gasteiger partial charge in [-0.2, -0.15) is 0 Å². The Morgan fingerprint density at radius 2 is 2.08 bits per heavy atom. The minimum absolute atomic E-state index is 0.0363. The molecule has 0 aromatic heterocycles. The Bertz CT molecular complexity index is 496. The van der Waals surface area contributed by atoms with Crippen LogP contribution in [0.4, 0.5) is 4.79 Å². The minimum Gasteiger partial charge on any atom is -0.381 e. The quantitative estimate of drug-likeness (QED) is 0.725. The molecule has 1 N–H and O–H groups in total. The Labute approximate surface area is 149 Å². The zero-order valence-electron chi connectivity index (χ0n) is 14.3. The molecular weight excluding hydrogens is 328 g/mol. The summed E-state index contributed by atoms with van der Waals surface area (Å²) in [5.41, 5.74) is 1.04. The third-order valence-corrected chi connectivity index (χ3v) is 4.23. The van der Waals surface area contributed by atoms with Crippen LogP contribution >= 0.6 is 11.6 Å². The van der Waals surface area contributed by atoms with Gasteiger partial charge in [0, 0.05) is 31.3 Å². The van der Waals surface area contributed by atoms with Crippen molar-refractivity contribution in [2.75, 3.05) is 39.5 Å². The molecule has 2 amide bonds. The lowest BCUT2D eigenvalue weighted by molar-refractivity contribution is -0.0154. The van der Waals surface area contributed by atoms with E-state index in [0.717, 1.165) is 31.4 Å². The molecule has 1 saturated heterocycles. The zero-order valence-corrected chi connectivity index (χ0v) is 15.1. The first-order chi connectivity index (χ1) is 11.7. The summed E-state index contributed by atoms with van der Waals surface area (Å²) < 4.78 is 11.3. The zero-order chi connectivity index (χ0) is 17.2. The number of morpholine rings is 1. The molecule has 0 saturated carbocycles. The van der Waals surface area contributed by atoms with E-state index in [1.54, 1.807) is 4.90 Å². The van der Waals surface area contributed by atoms with Crippen LogP contribution in [0.1, 0.15) is 37.9 Å². The molecule has 0 aliphatic carbocycles. The average molecular weight is 355 g/mol. The predicted octanol–water partition coefficient (Wildman–Crippen LogP) is 3.63. The van der Waals surface area contributed by atoms with E-state index in [0.29, 0.717) is 37.9 Å². The molecule has 1 aromatic carbocycles. The first-order valence-corrected chi connectivity index (χ1v) is 9.06. The van der Waals surface area contributed by atoms with Crippen molar-refractivity contribution < 1.29 is 14.3 Å². The first-order valence-electron chi connectivity index (χ1n) is 8.68. The Kier molecular flexibility index (Phi) is 8.36. The summed E-state index contributed by atoms with van der Waals surface area (Å²) >= 11 is 5.92. The number of nitrogens with zero attached hydrogens (tertiary/aromatic N) is 1. The number of rotatable bonds is 8. The Hall–Kier alpha value is -1.30. The molecule has 134 valence electrons. The fourth-order valence-corrected chi connectivity index (χ4v) is 2.67. The molecule has 1 aromatic rings. The summed E-state index contributed by atoms with van der Waals surface area (Å²) in [6.45, 7) is 5.98. The van der Waals surface area contributed by atoms with Gasteiger partial charge in [0.1, 0.15) is 6.10 Å². The van der Waals surface area contributed by atoms with E-state index >= 15 is 0 Å². The highest BCUT2D eigenvalue weighted by molar-refractivity contribution is 6.30. The highest BCUT2D eigenvalue weighted by atomic mass is 35.5. The molecule has 1 aliphatic heterocycles. The van der Waals surface area contributed by atoms with Crippen molar-refractivity contribution in [1.29, 1.82) is 0 Å². The topological polar surface area (TPSA) is 50.8 Å². The van der Waals surface area contributed by atoms with E-state index in [1.165, 1.54) is 0 Å². The first kappa shape index (κ1) is 19.0. The standard InChI is InChI=1S/C18H27ClN2O3/c1-2-3-11-23-12-4-9-20-18(22)21-10-13-24-17(14-21)15-5-7-16(19)8-6-15/h5-8,17H,2-4,9-14H2,1H3,(H,20,22). The highest BCUT2D eigenvalue weighted by Crippen LogP contribution is 2.23. The van der Waals surface area contributed by atoms with Crippen LogP contribution in [-0.2, 0) is 9.47 Å². The average Bonchev–Trinajstić information content (AvgIpc) is 2.61. The normalized spacial score (nSPS) is 17.8. The van der Waals surface area contributed by atoms with Gasteiger partial charge in [-0.15, -0.1) is 0 Å². The van der Waals surface area contributed by atoms with Gasteiger partial charge in [0.2, 0.25) is 0 Å². The second kappa shape index (κ2) is 10.5. The van der Waals surface area contributed by atoms with Gasteiger partial charge < -0.3 is 19.7 Å². The van der Waals surface area contributed by atoms with Crippen molar-refractivity contribution in [2.24, 2.45) is 0 Å². The van der Waals surface area contributed by atoms with Crippen molar-refractivity contribution in [1.82, 2.24) is 10.2 Å². The number of amides is 2. The predicted molar refractivity (Wildman–Crippen MR) is 95.5 cm³/mol. The fraction of sp³-hybridized carbons (Fsp3) is 0.611. The van der Waals surface area contributed by atoms with Crippen LogP contribution in [-0.4, -0.2) is 50.4 Å². The van der Waals surface area contributed by atoms with E-state index in [9.17, 15) is 4.79 Å². The SMILES string of the molecule is CCCCOCCCNC(=O)N1CCOC(c2ccc(Cl)cc2)C1. The number of halogens is 1. The largest absolute Gasteiger partial charge is 0.381 e. The van der Waals surface area contributed by atoms with Crippen LogP contribution in [0.2, 0.25) is 5.02 Å². The van der Waals surface area contributed by atoms with Crippen molar-refractivity contribution in [2.45, 2.75) is 32.3 Å². The van der Waals surface area contributed by atoms with Gasteiger partial charge >= 0.3 is 6.03 Å². The lowest BCUT2D eigenvalue weighted by Gasteiger charge is -2.33. The molecule has 1 aliphatic rings. The molecule has 5 nitrogen and oxygen atoms in total. The van der Waals surface area contributed by atoms with Crippen molar-refractivity contribution >= 4 is 17.6 Å². The van der Waals surface area contributed by atoms with E-state index in [-0.39, 0.29) is 12.1 Å². The van der Waals surface area contributed by atoms with Gasteiger partial charge in [-0.25, -0.2) is 4.79 Å². The lowest BCUT2D eigenvalue weighted by atomic mass is 10.1. The fourth-order valence-electron chi connectivity index (χ4n) is 2.54. The van der Waals surface area contributed by atoms with Gasteiger partial charge in [0.05, 0.1) is 13.2 Å². The molecular formula is C18H27ClN2O3. The smallest absolute Gasteiger partial charge is 0.317 e. The number of ether oxygens (including phenoxy) is 2. The number of hydrogen-bond acceptors (Lipinski definition) is 3. The maximum absolute atomic E-state index is 12.3. The number of carbonyl (C=O) groups is 1. The second-order valence-corrected chi connectivity index (χ2v) is 6.34. The number of unbranched alkanes of at least 4 members (excludes halogenated alkanes) is 1. The molecule has 0 spiro atoms. The van der Waals surface area contributed by atoms with Crippen LogP contribution < -0.4 is 5.32 Å². The molecule has 24 heavy (non-hydrogen) atoms.